The van der Waals surface area contributed by atoms with Gasteiger partial charge in [0.2, 0.25) is 0 Å². The third kappa shape index (κ3) is 4.61. The number of nitrogens with one attached hydrogen (secondary N) is 1. The molecule has 0 saturated heterocycles. The molecular formula is C15H23FIN3. The summed E-state index contributed by atoms with van der Waals surface area (Å²) in [5.74, 6) is 0.325. The molecule has 1 fully saturated rings. The van der Waals surface area contributed by atoms with Gasteiger partial charge in [-0.2, -0.15) is 0 Å². The van der Waals surface area contributed by atoms with Crippen LogP contribution in [-0.2, 0) is 5.41 Å². The lowest BCUT2D eigenvalue weighted by atomic mass is 9.96. The number of hydrogen-bond donors (Lipinski definition) is 2. The average Bonchev–Trinajstić information content (AvgIpc) is 3.19. The van der Waals surface area contributed by atoms with E-state index in [0.717, 1.165) is 32.2 Å². The summed E-state index contributed by atoms with van der Waals surface area (Å²) in [7, 11) is 0. The maximum Gasteiger partial charge on any atom is 0.188 e. The quantitative estimate of drug-likeness (QED) is 0.339. The van der Waals surface area contributed by atoms with E-state index in [9.17, 15) is 4.39 Å². The summed E-state index contributed by atoms with van der Waals surface area (Å²) < 4.78 is 12.9. The molecule has 3 N–H and O–H groups in total. The van der Waals surface area contributed by atoms with E-state index in [1.54, 1.807) is 0 Å². The van der Waals surface area contributed by atoms with Gasteiger partial charge in [0, 0.05) is 12.0 Å². The molecule has 0 bridgehead atoms. The molecule has 3 nitrogen and oxygen atoms in total. The highest BCUT2D eigenvalue weighted by molar-refractivity contribution is 14.0. The minimum atomic E-state index is -0.191. The highest BCUT2D eigenvalue weighted by Crippen LogP contribution is 2.48. The fourth-order valence-electron chi connectivity index (χ4n) is 2.18. The highest BCUT2D eigenvalue weighted by atomic mass is 127. The number of guanidine groups is 1. The zero-order valence-corrected chi connectivity index (χ0v) is 14.2. The Kier molecular flexibility index (Phi) is 6.71. The van der Waals surface area contributed by atoms with Gasteiger partial charge in [0.05, 0.1) is 6.54 Å². The molecule has 2 rings (SSSR count). The Bertz CT molecular complexity index is 441. The molecule has 1 aliphatic rings. The Morgan fingerprint density at radius 3 is 2.55 bits per heavy atom. The van der Waals surface area contributed by atoms with E-state index < -0.39 is 0 Å². The van der Waals surface area contributed by atoms with E-state index in [2.05, 4.69) is 17.2 Å². The zero-order valence-electron chi connectivity index (χ0n) is 11.9. The molecule has 1 aromatic carbocycles. The van der Waals surface area contributed by atoms with Crippen LogP contribution in [0.25, 0.3) is 0 Å². The largest absolute Gasteiger partial charge is 0.370 e. The van der Waals surface area contributed by atoms with Crippen LogP contribution in [0.5, 0.6) is 0 Å². The summed E-state index contributed by atoms with van der Waals surface area (Å²) in [5, 5.41) is 3.11. The van der Waals surface area contributed by atoms with Gasteiger partial charge in [0.1, 0.15) is 5.82 Å². The summed E-state index contributed by atoms with van der Waals surface area (Å²) in [6, 6.07) is 6.75. The SMILES string of the molecule is CCCCNC(N)=NCC1(c2ccc(F)cc2)CC1.I. The van der Waals surface area contributed by atoms with Gasteiger partial charge in [-0.25, -0.2) is 4.39 Å². The molecule has 112 valence electrons. The van der Waals surface area contributed by atoms with Crippen LogP contribution in [0.4, 0.5) is 4.39 Å². The molecule has 1 saturated carbocycles. The number of unbranched alkanes of at least 4 members (excludes halogenated alkanes) is 1. The molecule has 0 amide bonds. The first-order valence-corrected chi connectivity index (χ1v) is 6.96. The smallest absolute Gasteiger partial charge is 0.188 e. The topological polar surface area (TPSA) is 50.4 Å². The summed E-state index contributed by atoms with van der Waals surface area (Å²) >= 11 is 0. The first-order valence-electron chi connectivity index (χ1n) is 6.96. The minimum absolute atomic E-state index is 0. The Morgan fingerprint density at radius 1 is 1.35 bits per heavy atom. The monoisotopic (exact) mass is 391 g/mol. The van der Waals surface area contributed by atoms with E-state index in [1.807, 2.05) is 12.1 Å². The van der Waals surface area contributed by atoms with E-state index in [0.29, 0.717) is 12.5 Å². The van der Waals surface area contributed by atoms with Gasteiger partial charge in [-0.1, -0.05) is 25.5 Å². The molecule has 0 unspecified atom stereocenters. The molecule has 0 heterocycles. The zero-order chi connectivity index (χ0) is 13.7. The van der Waals surface area contributed by atoms with Gasteiger partial charge in [-0.05, 0) is 37.0 Å². The summed E-state index contributed by atoms with van der Waals surface area (Å²) in [4.78, 5) is 4.42. The van der Waals surface area contributed by atoms with Crippen molar-refractivity contribution < 1.29 is 4.39 Å². The molecule has 0 aliphatic heterocycles. The third-order valence-electron chi connectivity index (χ3n) is 3.70. The van der Waals surface area contributed by atoms with Crippen LogP contribution in [0.2, 0.25) is 0 Å². The maximum absolute atomic E-state index is 12.9. The van der Waals surface area contributed by atoms with Crippen molar-refractivity contribution in [1.82, 2.24) is 5.32 Å². The van der Waals surface area contributed by atoms with Crippen molar-refractivity contribution in [1.29, 1.82) is 0 Å². The molecule has 0 radical (unpaired) electrons. The second-order valence-corrected chi connectivity index (χ2v) is 5.27. The first kappa shape index (κ1) is 17.2. The van der Waals surface area contributed by atoms with E-state index in [1.165, 1.54) is 17.7 Å². The molecule has 0 aromatic heterocycles. The van der Waals surface area contributed by atoms with Gasteiger partial charge < -0.3 is 11.1 Å². The number of hydrogen-bond acceptors (Lipinski definition) is 1. The molecule has 20 heavy (non-hydrogen) atoms. The fraction of sp³-hybridized carbons (Fsp3) is 0.533. The van der Waals surface area contributed by atoms with Gasteiger partial charge in [-0.15, -0.1) is 24.0 Å². The Hall–Kier alpha value is -0.850. The van der Waals surface area contributed by atoms with E-state index >= 15 is 0 Å². The van der Waals surface area contributed by atoms with Gasteiger partial charge in [0.15, 0.2) is 5.96 Å². The highest BCUT2D eigenvalue weighted by Gasteiger charge is 2.44. The Labute approximate surface area is 137 Å². The van der Waals surface area contributed by atoms with Crippen molar-refractivity contribution in [3.8, 4) is 0 Å². The number of nitrogens with two attached hydrogens (primary N) is 1. The normalized spacial score (nSPS) is 16.4. The van der Waals surface area contributed by atoms with Crippen LogP contribution in [-0.4, -0.2) is 19.0 Å². The molecule has 1 aliphatic carbocycles. The number of benzene rings is 1. The number of aliphatic imine (C=N–C) groups is 1. The van der Waals surface area contributed by atoms with Gasteiger partial charge >= 0.3 is 0 Å². The van der Waals surface area contributed by atoms with Crippen molar-refractivity contribution in [3.63, 3.8) is 0 Å². The number of nitrogens with zero attached hydrogens (tertiary/aromatic N) is 1. The van der Waals surface area contributed by atoms with Crippen LogP contribution in [0.1, 0.15) is 38.2 Å². The number of rotatable bonds is 6. The van der Waals surface area contributed by atoms with Crippen LogP contribution >= 0.6 is 24.0 Å². The Morgan fingerprint density at radius 2 is 2.00 bits per heavy atom. The predicted octanol–water partition coefficient (Wildman–Crippen LogP) is 3.18. The molecule has 0 spiro atoms. The van der Waals surface area contributed by atoms with Crippen molar-refractivity contribution in [3.05, 3.63) is 35.6 Å². The first-order chi connectivity index (χ1) is 9.16. The average molecular weight is 391 g/mol. The van der Waals surface area contributed by atoms with Crippen molar-refractivity contribution in [2.75, 3.05) is 13.1 Å². The number of halogens is 2. The van der Waals surface area contributed by atoms with E-state index in [-0.39, 0.29) is 35.2 Å². The van der Waals surface area contributed by atoms with Crippen LogP contribution in [0, 0.1) is 5.82 Å². The van der Waals surface area contributed by atoms with Crippen molar-refractivity contribution in [2.45, 2.75) is 38.0 Å². The molecular weight excluding hydrogens is 368 g/mol. The van der Waals surface area contributed by atoms with E-state index in [4.69, 9.17) is 5.73 Å². The third-order valence-corrected chi connectivity index (χ3v) is 3.70. The van der Waals surface area contributed by atoms with Crippen molar-refractivity contribution in [2.24, 2.45) is 10.7 Å². The second kappa shape index (κ2) is 7.81. The maximum atomic E-state index is 12.9. The standard InChI is InChI=1S/C15H22FN3.HI/c1-2-3-10-18-14(17)19-11-15(8-9-15)12-4-6-13(16)7-5-12;/h4-7H,2-3,8-11H2,1H3,(H3,17,18,19);1H. The van der Waals surface area contributed by atoms with Gasteiger partial charge in [-0.3, -0.25) is 4.99 Å². The second-order valence-electron chi connectivity index (χ2n) is 5.27. The molecule has 0 atom stereocenters. The summed E-state index contributed by atoms with van der Waals surface area (Å²) in [6.07, 6.45) is 4.44. The van der Waals surface area contributed by atoms with Crippen LogP contribution < -0.4 is 11.1 Å². The summed E-state index contributed by atoms with van der Waals surface area (Å²) in [5.41, 5.74) is 7.08. The predicted molar refractivity (Wildman–Crippen MR) is 92.1 cm³/mol. The van der Waals surface area contributed by atoms with Crippen molar-refractivity contribution >= 4 is 29.9 Å². The minimum Gasteiger partial charge on any atom is -0.370 e. The lowest BCUT2D eigenvalue weighted by Gasteiger charge is -2.13. The lowest BCUT2D eigenvalue weighted by molar-refractivity contribution is 0.623. The van der Waals surface area contributed by atoms with Crippen LogP contribution in [0.3, 0.4) is 0 Å². The van der Waals surface area contributed by atoms with Gasteiger partial charge in [0.25, 0.3) is 0 Å². The van der Waals surface area contributed by atoms with Crippen LogP contribution in [0.15, 0.2) is 29.3 Å². The Balaban J connectivity index is 0.00000200. The molecule has 1 aromatic rings. The molecule has 5 heteroatoms. The summed E-state index contributed by atoms with van der Waals surface area (Å²) in [6.45, 7) is 3.70. The fourth-order valence-corrected chi connectivity index (χ4v) is 2.18. The lowest BCUT2D eigenvalue weighted by Crippen LogP contribution is -2.33.